The summed E-state index contributed by atoms with van der Waals surface area (Å²) in [5.41, 5.74) is 5.23. The van der Waals surface area contributed by atoms with Crippen LogP contribution in [0.15, 0.2) is 0 Å². The number of nitrogens with two attached hydrogens (primary N) is 1. The molecule has 3 N–H and O–H groups in total. The maximum absolute atomic E-state index is 11.3. The molecule has 1 aliphatic heterocycles. The predicted molar refractivity (Wildman–Crippen MR) is 69.5 cm³/mol. The van der Waals surface area contributed by atoms with Gasteiger partial charge in [0.25, 0.3) is 0 Å². The van der Waals surface area contributed by atoms with Crippen molar-refractivity contribution in [2.45, 2.75) is 12.5 Å². The van der Waals surface area contributed by atoms with Gasteiger partial charge in [0.2, 0.25) is 15.9 Å². The lowest BCUT2D eigenvalue weighted by Gasteiger charge is -2.33. The number of sulfonamides is 1. The van der Waals surface area contributed by atoms with Crippen molar-refractivity contribution in [3.8, 4) is 0 Å². The largest absolute Gasteiger partial charge is 0.368 e. The van der Waals surface area contributed by atoms with Gasteiger partial charge < -0.3 is 16.0 Å². The van der Waals surface area contributed by atoms with Crippen molar-refractivity contribution in [1.29, 1.82) is 0 Å². The molecule has 0 aliphatic carbocycles. The van der Waals surface area contributed by atoms with Crippen LogP contribution in [-0.4, -0.2) is 75.6 Å². The fourth-order valence-corrected chi connectivity index (χ4v) is 2.85. The highest BCUT2D eigenvalue weighted by molar-refractivity contribution is 7.88. The van der Waals surface area contributed by atoms with Crippen molar-refractivity contribution in [2.24, 2.45) is 5.73 Å². The molecule has 7 nitrogen and oxygen atoms in total. The van der Waals surface area contributed by atoms with Crippen molar-refractivity contribution in [2.75, 3.05) is 46.0 Å². The van der Waals surface area contributed by atoms with Gasteiger partial charge in [0.05, 0.1) is 12.3 Å². The summed E-state index contributed by atoms with van der Waals surface area (Å²) in [5.74, 6) is -0.354. The summed E-state index contributed by atoms with van der Waals surface area (Å²) < 4.78 is 24.1. The first-order valence-corrected chi connectivity index (χ1v) is 7.83. The number of hydrogen-bond donors (Lipinski definition) is 2. The van der Waals surface area contributed by atoms with Crippen molar-refractivity contribution >= 4 is 15.9 Å². The summed E-state index contributed by atoms with van der Waals surface area (Å²) in [6.07, 6.45) is 1.87. The Morgan fingerprint density at radius 3 is 2.28 bits per heavy atom. The molecule has 1 atom stereocenters. The van der Waals surface area contributed by atoms with Gasteiger partial charge >= 0.3 is 0 Å². The minimum absolute atomic E-state index is 0.321. The Bertz CT molecular complexity index is 377. The second-order valence-electron chi connectivity index (χ2n) is 4.54. The van der Waals surface area contributed by atoms with Gasteiger partial charge in [-0.3, -0.25) is 4.79 Å². The molecule has 0 spiro atoms. The standard InChI is InChI=1S/C10H22N4O3S/c1-12-9(10(11)15)3-4-13-5-7-14(8-6-13)18(2,16)17/h9,12H,3-8H2,1-2H3,(H2,11,15). The summed E-state index contributed by atoms with van der Waals surface area (Å²) in [4.78, 5) is 13.2. The van der Waals surface area contributed by atoms with Crippen LogP contribution in [0, 0.1) is 0 Å². The molecule has 1 rings (SSSR count). The SMILES string of the molecule is CNC(CCN1CCN(S(C)(=O)=O)CC1)C(N)=O. The molecule has 1 heterocycles. The predicted octanol–water partition coefficient (Wildman–Crippen LogP) is -1.97. The zero-order valence-corrected chi connectivity index (χ0v) is 11.7. The van der Waals surface area contributed by atoms with Crippen LogP contribution in [0.4, 0.5) is 0 Å². The van der Waals surface area contributed by atoms with Crippen molar-refractivity contribution in [1.82, 2.24) is 14.5 Å². The number of amides is 1. The van der Waals surface area contributed by atoms with Gasteiger partial charge in [-0.05, 0) is 13.5 Å². The third-order valence-electron chi connectivity index (χ3n) is 3.23. The molecule has 0 aromatic rings. The quantitative estimate of drug-likeness (QED) is 0.587. The normalized spacial score (nSPS) is 20.8. The Kier molecular flexibility index (Phi) is 5.51. The summed E-state index contributed by atoms with van der Waals surface area (Å²) in [6, 6.07) is -0.321. The Balaban J connectivity index is 2.34. The molecule has 1 fully saturated rings. The van der Waals surface area contributed by atoms with E-state index in [1.165, 1.54) is 10.6 Å². The lowest BCUT2D eigenvalue weighted by Crippen LogP contribution is -2.50. The summed E-state index contributed by atoms with van der Waals surface area (Å²) in [7, 11) is -1.37. The van der Waals surface area contributed by atoms with Crippen LogP contribution in [0.25, 0.3) is 0 Å². The minimum atomic E-state index is -3.08. The number of piperazine rings is 1. The number of primary amides is 1. The average Bonchev–Trinajstić information content (AvgIpc) is 2.29. The topological polar surface area (TPSA) is 95.7 Å². The number of likely N-dealkylation sites (N-methyl/N-ethyl adjacent to an activating group) is 1. The van der Waals surface area contributed by atoms with Crippen molar-refractivity contribution < 1.29 is 13.2 Å². The molecule has 8 heteroatoms. The van der Waals surface area contributed by atoms with E-state index in [0.29, 0.717) is 32.6 Å². The fourth-order valence-electron chi connectivity index (χ4n) is 2.03. The molecule has 0 saturated carbocycles. The molecule has 106 valence electrons. The van der Waals surface area contributed by atoms with E-state index in [4.69, 9.17) is 5.73 Å². The van der Waals surface area contributed by atoms with E-state index in [0.717, 1.165) is 6.54 Å². The minimum Gasteiger partial charge on any atom is -0.368 e. The monoisotopic (exact) mass is 278 g/mol. The molecule has 0 aromatic carbocycles. The first-order valence-electron chi connectivity index (χ1n) is 5.98. The van der Waals surface area contributed by atoms with Crippen LogP contribution in [-0.2, 0) is 14.8 Å². The third-order valence-corrected chi connectivity index (χ3v) is 4.53. The molecule has 18 heavy (non-hydrogen) atoms. The van der Waals surface area contributed by atoms with E-state index < -0.39 is 10.0 Å². The van der Waals surface area contributed by atoms with Crippen LogP contribution in [0.5, 0.6) is 0 Å². The van der Waals surface area contributed by atoms with Crippen LogP contribution in [0.2, 0.25) is 0 Å². The summed E-state index contributed by atoms with van der Waals surface area (Å²) in [5, 5.41) is 2.87. The van der Waals surface area contributed by atoms with E-state index in [1.807, 2.05) is 0 Å². The van der Waals surface area contributed by atoms with Crippen molar-refractivity contribution in [3.63, 3.8) is 0 Å². The molecular formula is C10H22N4O3S. The lowest BCUT2D eigenvalue weighted by atomic mass is 10.2. The summed E-state index contributed by atoms with van der Waals surface area (Å²) >= 11 is 0. The number of carbonyl (C=O) groups excluding carboxylic acids is 1. The molecular weight excluding hydrogens is 256 g/mol. The summed E-state index contributed by atoms with van der Waals surface area (Å²) in [6.45, 7) is 3.16. The average molecular weight is 278 g/mol. The lowest BCUT2D eigenvalue weighted by molar-refractivity contribution is -0.120. The van der Waals surface area contributed by atoms with E-state index in [-0.39, 0.29) is 11.9 Å². The zero-order valence-electron chi connectivity index (χ0n) is 10.9. The highest BCUT2D eigenvalue weighted by Gasteiger charge is 2.24. The fraction of sp³-hybridized carbons (Fsp3) is 0.900. The second kappa shape index (κ2) is 6.46. The Labute approximate surface area is 108 Å². The van der Waals surface area contributed by atoms with Gasteiger partial charge in [-0.1, -0.05) is 0 Å². The molecule has 1 unspecified atom stereocenters. The third kappa shape index (κ3) is 4.52. The molecule has 1 saturated heterocycles. The maximum atomic E-state index is 11.3. The number of rotatable bonds is 6. The van der Waals surface area contributed by atoms with Crippen LogP contribution in [0.1, 0.15) is 6.42 Å². The number of nitrogens with one attached hydrogen (secondary N) is 1. The van der Waals surface area contributed by atoms with Gasteiger partial charge in [-0.2, -0.15) is 4.31 Å². The van der Waals surface area contributed by atoms with Crippen LogP contribution < -0.4 is 11.1 Å². The smallest absolute Gasteiger partial charge is 0.234 e. The number of hydrogen-bond acceptors (Lipinski definition) is 5. The molecule has 0 radical (unpaired) electrons. The molecule has 0 bridgehead atoms. The van der Waals surface area contributed by atoms with Gasteiger partial charge in [0, 0.05) is 32.7 Å². The van der Waals surface area contributed by atoms with Gasteiger partial charge in [-0.15, -0.1) is 0 Å². The second-order valence-corrected chi connectivity index (χ2v) is 6.52. The van der Waals surface area contributed by atoms with Crippen molar-refractivity contribution in [3.05, 3.63) is 0 Å². The van der Waals surface area contributed by atoms with Crippen LogP contribution in [0.3, 0.4) is 0 Å². The Morgan fingerprint density at radius 1 is 1.33 bits per heavy atom. The van der Waals surface area contributed by atoms with Crippen LogP contribution >= 0.6 is 0 Å². The Morgan fingerprint density at radius 2 is 1.89 bits per heavy atom. The van der Waals surface area contributed by atoms with Gasteiger partial charge in [0.1, 0.15) is 0 Å². The highest BCUT2D eigenvalue weighted by Crippen LogP contribution is 2.07. The van der Waals surface area contributed by atoms with Gasteiger partial charge in [-0.25, -0.2) is 8.42 Å². The molecule has 1 amide bonds. The van der Waals surface area contributed by atoms with E-state index >= 15 is 0 Å². The van der Waals surface area contributed by atoms with E-state index in [1.54, 1.807) is 7.05 Å². The highest BCUT2D eigenvalue weighted by atomic mass is 32.2. The number of carbonyl (C=O) groups is 1. The van der Waals surface area contributed by atoms with E-state index in [9.17, 15) is 13.2 Å². The first-order chi connectivity index (χ1) is 8.34. The zero-order chi connectivity index (χ0) is 13.8. The maximum Gasteiger partial charge on any atom is 0.234 e. The number of nitrogens with zero attached hydrogens (tertiary/aromatic N) is 2. The van der Waals surface area contributed by atoms with Gasteiger partial charge in [0.15, 0.2) is 0 Å². The van der Waals surface area contributed by atoms with E-state index in [2.05, 4.69) is 10.2 Å². The Hall–Kier alpha value is -0.700. The molecule has 0 aromatic heterocycles. The first kappa shape index (κ1) is 15.4. The molecule has 1 aliphatic rings.